The molecule has 3 amide bonds. The van der Waals surface area contributed by atoms with Gasteiger partial charge in [0.1, 0.15) is 5.25 Å². The maximum atomic E-state index is 12.5. The number of nitrogens with zero attached hydrogens (tertiary/aromatic N) is 1. The van der Waals surface area contributed by atoms with E-state index in [0.29, 0.717) is 0 Å². The normalized spacial score (nSPS) is 17.0. The van der Waals surface area contributed by atoms with Gasteiger partial charge in [-0.2, -0.15) is 0 Å². The maximum Gasteiger partial charge on any atom is 0.289 e. The van der Waals surface area contributed by atoms with Crippen LogP contribution in [0.5, 0.6) is 0 Å². The second-order valence-corrected chi connectivity index (χ2v) is 7.00. The largest absolute Gasteiger partial charge is 0.326 e. The highest BCUT2D eigenvalue weighted by molar-refractivity contribution is 8.15. The predicted octanol–water partition coefficient (Wildman–Crippen LogP) is 3.59. The monoisotopic (exact) mass is 354 g/mol. The Morgan fingerprint density at radius 2 is 1.76 bits per heavy atom. The molecule has 1 N–H and O–H groups in total. The van der Waals surface area contributed by atoms with E-state index in [2.05, 4.69) is 5.32 Å². The molecule has 128 valence electrons. The molecule has 1 fully saturated rings. The van der Waals surface area contributed by atoms with Gasteiger partial charge in [0, 0.05) is 12.1 Å². The summed E-state index contributed by atoms with van der Waals surface area (Å²) in [5.41, 5.74) is 2.55. The molecule has 0 bridgehead atoms. The summed E-state index contributed by atoms with van der Waals surface area (Å²) in [6.45, 7) is 2.14. The molecule has 3 rings (SSSR count). The number of carbonyl (C=O) groups excluding carboxylic acids is 3. The molecule has 0 aromatic heterocycles. The zero-order valence-electron chi connectivity index (χ0n) is 13.8. The molecule has 6 heteroatoms. The van der Waals surface area contributed by atoms with Crippen molar-refractivity contribution < 1.29 is 14.4 Å². The quantitative estimate of drug-likeness (QED) is 0.891. The number of hydrogen-bond donors (Lipinski definition) is 1. The molecule has 0 saturated carbocycles. The zero-order chi connectivity index (χ0) is 17.8. The Balaban J connectivity index is 1.62. The fourth-order valence-electron chi connectivity index (χ4n) is 2.62. The first-order valence-corrected chi connectivity index (χ1v) is 8.84. The van der Waals surface area contributed by atoms with Gasteiger partial charge in [-0.05, 0) is 24.1 Å². The fraction of sp³-hybridized carbons (Fsp3) is 0.211. The van der Waals surface area contributed by atoms with Gasteiger partial charge in [0.25, 0.3) is 5.24 Å². The zero-order valence-corrected chi connectivity index (χ0v) is 14.6. The van der Waals surface area contributed by atoms with Gasteiger partial charge in [-0.15, -0.1) is 0 Å². The van der Waals surface area contributed by atoms with Crippen molar-refractivity contribution in [1.82, 2.24) is 4.90 Å². The Morgan fingerprint density at radius 3 is 2.48 bits per heavy atom. The third kappa shape index (κ3) is 4.09. The summed E-state index contributed by atoms with van der Waals surface area (Å²) >= 11 is 0.921. The Morgan fingerprint density at radius 1 is 1.08 bits per heavy atom. The number of rotatable bonds is 5. The van der Waals surface area contributed by atoms with Crippen molar-refractivity contribution in [2.24, 2.45) is 0 Å². The molecule has 2 aromatic rings. The molecule has 25 heavy (non-hydrogen) atoms. The molecule has 0 unspecified atom stereocenters. The molecule has 0 spiro atoms. The third-order valence-electron chi connectivity index (χ3n) is 3.98. The molecule has 1 heterocycles. The topological polar surface area (TPSA) is 66.5 Å². The SMILES string of the molecule is Cc1ccccc1NC(=O)C[C@H]1SC(=O)N(Cc2ccccc2)C1=O. The van der Waals surface area contributed by atoms with E-state index in [9.17, 15) is 14.4 Å². The number of thioether (sulfide) groups is 1. The molecule has 1 saturated heterocycles. The molecular weight excluding hydrogens is 336 g/mol. The van der Waals surface area contributed by atoms with Crippen molar-refractivity contribution in [3.8, 4) is 0 Å². The summed E-state index contributed by atoms with van der Waals surface area (Å²) in [6.07, 6.45) is -0.0190. The van der Waals surface area contributed by atoms with Crippen LogP contribution in [-0.2, 0) is 16.1 Å². The highest BCUT2D eigenvalue weighted by atomic mass is 32.2. The van der Waals surface area contributed by atoms with Gasteiger partial charge in [-0.1, -0.05) is 60.3 Å². The highest BCUT2D eigenvalue weighted by Gasteiger charge is 2.40. The minimum Gasteiger partial charge on any atom is -0.326 e. The van der Waals surface area contributed by atoms with Gasteiger partial charge >= 0.3 is 0 Å². The lowest BCUT2D eigenvalue weighted by Crippen LogP contribution is -2.32. The van der Waals surface area contributed by atoms with Crippen LogP contribution in [0.4, 0.5) is 10.5 Å². The van der Waals surface area contributed by atoms with Gasteiger partial charge in [-0.25, -0.2) is 0 Å². The van der Waals surface area contributed by atoms with Crippen LogP contribution in [-0.4, -0.2) is 27.2 Å². The Kier molecular flexibility index (Phi) is 5.19. The smallest absolute Gasteiger partial charge is 0.289 e. The predicted molar refractivity (Wildman–Crippen MR) is 98.2 cm³/mol. The van der Waals surface area contributed by atoms with Crippen molar-refractivity contribution in [2.75, 3.05) is 5.32 Å². The summed E-state index contributed by atoms with van der Waals surface area (Å²) in [6, 6.07) is 16.8. The molecule has 1 atom stereocenters. The lowest BCUT2D eigenvalue weighted by Gasteiger charge is -2.14. The molecule has 5 nitrogen and oxygen atoms in total. The number of hydrogen-bond acceptors (Lipinski definition) is 4. The second-order valence-electron chi connectivity index (χ2n) is 5.85. The van der Waals surface area contributed by atoms with Crippen LogP contribution in [0.1, 0.15) is 17.5 Å². The van der Waals surface area contributed by atoms with Gasteiger partial charge in [-0.3, -0.25) is 19.3 Å². The first-order chi connectivity index (χ1) is 12.0. The van der Waals surface area contributed by atoms with Crippen molar-refractivity contribution in [3.63, 3.8) is 0 Å². The molecule has 0 radical (unpaired) electrons. The number of anilines is 1. The number of para-hydroxylation sites is 1. The number of benzene rings is 2. The summed E-state index contributed by atoms with van der Waals surface area (Å²) in [5.74, 6) is -0.576. The minimum atomic E-state index is -0.666. The summed E-state index contributed by atoms with van der Waals surface area (Å²) in [4.78, 5) is 38.1. The van der Waals surface area contributed by atoms with E-state index >= 15 is 0 Å². The van der Waals surface area contributed by atoms with Crippen molar-refractivity contribution in [2.45, 2.75) is 25.1 Å². The van der Waals surface area contributed by atoms with Gasteiger partial charge in [0.2, 0.25) is 11.8 Å². The summed E-state index contributed by atoms with van der Waals surface area (Å²) in [7, 11) is 0. The molecule has 2 aromatic carbocycles. The molecule has 1 aliphatic rings. The van der Waals surface area contributed by atoms with E-state index < -0.39 is 5.25 Å². The number of nitrogens with one attached hydrogen (secondary N) is 1. The first kappa shape index (κ1) is 17.2. The standard InChI is InChI=1S/C19H18N2O3S/c1-13-7-5-6-10-15(13)20-17(22)11-16-18(23)21(19(24)25-16)12-14-8-3-2-4-9-14/h2-10,16H,11-12H2,1H3,(H,20,22)/t16-/m1/s1. The van der Waals surface area contributed by atoms with Crippen LogP contribution in [0.3, 0.4) is 0 Å². The van der Waals surface area contributed by atoms with Crippen LogP contribution >= 0.6 is 11.8 Å². The van der Waals surface area contributed by atoms with Crippen LogP contribution in [0.15, 0.2) is 54.6 Å². The van der Waals surface area contributed by atoms with Gasteiger partial charge < -0.3 is 5.32 Å². The lowest BCUT2D eigenvalue weighted by atomic mass is 10.2. The van der Waals surface area contributed by atoms with Gasteiger partial charge in [0.05, 0.1) is 6.54 Å². The van der Waals surface area contributed by atoms with E-state index in [1.807, 2.05) is 61.5 Å². The Bertz CT molecular complexity index is 807. The molecule has 0 aliphatic carbocycles. The van der Waals surface area contributed by atoms with Crippen LogP contribution in [0.2, 0.25) is 0 Å². The molecular formula is C19H18N2O3S. The number of imide groups is 1. The van der Waals surface area contributed by atoms with Crippen molar-refractivity contribution in [1.29, 1.82) is 0 Å². The van der Waals surface area contributed by atoms with E-state index in [4.69, 9.17) is 0 Å². The average molecular weight is 354 g/mol. The van der Waals surface area contributed by atoms with Crippen molar-refractivity contribution >= 4 is 34.5 Å². The van der Waals surface area contributed by atoms with E-state index in [1.165, 1.54) is 4.90 Å². The number of aryl methyl sites for hydroxylation is 1. The van der Waals surface area contributed by atoms with E-state index in [0.717, 1.165) is 28.6 Å². The van der Waals surface area contributed by atoms with Crippen LogP contribution in [0, 0.1) is 6.92 Å². The fourth-order valence-corrected chi connectivity index (χ4v) is 3.61. The molecule has 1 aliphatic heterocycles. The first-order valence-electron chi connectivity index (χ1n) is 7.96. The van der Waals surface area contributed by atoms with Gasteiger partial charge in [0.15, 0.2) is 0 Å². The highest BCUT2D eigenvalue weighted by Crippen LogP contribution is 2.31. The minimum absolute atomic E-state index is 0.0190. The second kappa shape index (κ2) is 7.53. The lowest BCUT2D eigenvalue weighted by molar-refractivity contribution is -0.129. The third-order valence-corrected chi connectivity index (χ3v) is 5.05. The summed E-state index contributed by atoms with van der Waals surface area (Å²) in [5, 5.41) is 1.83. The number of carbonyl (C=O) groups is 3. The Hall–Kier alpha value is -2.60. The van der Waals surface area contributed by atoms with E-state index in [1.54, 1.807) is 0 Å². The summed E-state index contributed by atoms with van der Waals surface area (Å²) < 4.78 is 0. The maximum absolute atomic E-state index is 12.5. The average Bonchev–Trinajstić information content (AvgIpc) is 2.85. The van der Waals surface area contributed by atoms with Crippen LogP contribution < -0.4 is 5.32 Å². The van der Waals surface area contributed by atoms with Crippen LogP contribution in [0.25, 0.3) is 0 Å². The van der Waals surface area contributed by atoms with E-state index in [-0.39, 0.29) is 30.0 Å². The Labute approximate surface area is 150 Å². The van der Waals surface area contributed by atoms with Crippen molar-refractivity contribution in [3.05, 3.63) is 65.7 Å². The number of amides is 3.